The summed E-state index contributed by atoms with van der Waals surface area (Å²) in [5.41, 5.74) is -0.0587. The zero-order chi connectivity index (χ0) is 13.0. The lowest BCUT2D eigenvalue weighted by Gasteiger charge is -2.17. The quantitative estimate of drug-likeness (QED) is 0.851. The van der Waals surface area contributed by atoms with Gasteiger partial charge in [-0.05, 0) is 27.2 Å². The summed E-state index contributed by atoms with van der Waals surface area (Å²) in [5.74, 6) is 0.432. The molecule has 0 saturated heterocycles. The van der Waals surface area contributed by atoms with Crippen LogP contribution >= 0.6 is 15.9 Å². The van der Waals surface area contributed by atoms with Crippen molar-refractivity contribution >= 4 is 21.7 Å². The van der Waals surface area contributed by atoms with Gasteiger partial charge in [0.1, 0.15) is 0 Å². The number of alkyl halides is 1. The van der Waals surface area contributed by atoms with Crippen molar-refractivity contribution in [2.45, 2.75) is 51.0 Å². The van der Waals surface area contributed by atoms with Crippen LogP contribution in [-0.2, 0) is 0 Å². The van der Waals surface area contributed by atoms with Crippen molar-refractivity contribution in [1.29, 1.82) is 0 Å². The summed E-state index contributed by atoms with van der Waals surface area (Å²) in [7, 11) is 0. The van der Waals surface area contributed by atoms with Crippen LogP contribution in [0.15, 0.2) is 17.2 Å². The Bertz CT molecular complexity index is 414. The number of nitrogens with zero attached hydrogens (tertiary/aromatic N) is 2. The van der Waals surface area contributed by atoms with E-state index in [0.29, 0.717) is 10.6 Å². The molecule has 0 bridgehead atoms. The molecule has 1 N–H and O–H groups in total. The van der Waals surface area contributed by atoms with Crippen LogP contribution < -0.4 is 10.9 Å². The zero-order valence-electron chi connectivity index (χ0n) is 10.8. The number of hydrogen-bond acceptors (Lipinski definition) is 3. The zero-order valence-corrected chi connectivity index (χ0v) is 12.4. The third kappa shape index (κ3) is 4.15. The van der Waals surface area contributed by atoms with E-state index in [1.165, 1.54) is 0 Å². The molecule has 0 spiro atoms. The minimum atomic E-state index is -0.0587. The van der Waals surface area contributed by atoms with E-state index in [4.69, 9.17) is 0 Å². The standard InChI is InChI=1S/C12H20BrN3O/c1-8(2)16-6-5-14-11(12(16)17)15-10(4)7-9(3)13/h5-6,8-10H,7H2,1-4H3,(H,14,15). The van der Waals surface area contributed by atoms with Gasteiger partial charge in [0.25, 0.3) is 5.56 Å². The first kappa shape index (κ1) is 14.2. The van der Waals surface area contributed by atoms with Gasteiger partial charge in [0.05, 0.1) is 0 Å². The van der Waals surface area contributed by atoms with Gasteiger partial charge < -0.3 is 9.88 Å². The van der Waals surface area contributed by atoms with Crippen molar-refractivity contribution in [3.63, 3.8) is 0 Å². The lowest BCUT2D eigenvalue weighted by molar-refractivity contribution is 0.573. The molecule has 4 nitrogen and oxygen atoms in total. The average Bonchev–Trinajstić information content (AvgIpc) is 2.19. The second-order valence-corrected chi connectivity index (χ2v) is 6.21. The van der Waals surface area contributed by atoms with Gasteiger partial charge in [-0.25, -0.2) is 4.98 Å². The summed E-state index contributed by atoms with van der Waals surface area (Å²) in [6.45, 7) is 8.10. The Labute approximate surface area is 111 Å². The summed E-state index contributed by atoms with van der Waals surface area (Å²) in [5, 5.41) is 3.16. The fourth-order valence-corrected chi connectivity index (χ4v) is 2.27. The summed E-state index contributed by atoms with van der Waals surface area (Å²) in [6.07, 6.45) is 4.32. The van der Waals surface area contributed by atoms with E-state index in [-0.39, 0.29) is 17.6 Å². The van der Waals surface area contributed by atoms with Crippen LogP contribution in [0.25, 0.3) is 0 Å². The fourth-order valence-electron chi connectivity index (χ4n) is 1.71. The monoisotopic (exact) mass is 301 g/mol. The fraction of sp³-hybridized carbons (Fsp3) is 0.667. The van der Waals surface area contributed by atoms with Gasteiger partial charge in [-0.2, -0.15) is 0 Å². The molecule has 2 atom stereocenters. The molecule has 96 valence electrons. The molecule has 1 heterocycles. The molecular formula is C12H20BrN3O. The van der Waals surface area contributed by atoms with Crippen LogP contribution in [0.1, 0.15) is 40.2 Å². The van der Waals surface area contributed by atoms with E-state index in [1.807, 2.05) is 20.8 Å². The van der Waals surface area contributed by atoms with Crippen molar-refractivity contribution in [3.05, 3.63) is 22.7 Å². The lowest BCUT2D eigenvalue weighted by atomic mass is 10.2. The van der Waals surface area contributed by atoms with Gasteiger partial charge in [0.15, 0.2) is 5.82 Å². The molecule has 17 heavy (non-hydrogen) atoms. The van der Waals surface area contributed by atoms with Crippen LogP contribution in [0.4, 0.5) is 5.82 Å². The summed E-state index contributed by atoms with van der Waals surface area (Å²) in [6, 6.07) is 0.365. The molecule has 0 aliphatic carbocycles. The van der Waals surface area contributed by atoms with Gasteiger partial charge in [-0.15, -0.1) is 0 Å². The largest absolute Gasteiger partial charge is 0.363 e. The highest BCUT2D eigenvalue weighted by molar-refractivity contribution is 9.09. The van der Waals surface area contributed by atoms with Crippen LogP contribution in [0, 0.1) is 0 Å². The number of halogens is 1. The van der Waals surface area contributed by atoms with E-state index in [9.17, 15) is 4.79 Å². The third-order valence-corrected chi connectivity index (χ3v) is 2.86. The van der Waals surface area contributed by atoms with E-state index >= 15 is 0 Å². The Morgan fingerprint density at radius 1 is 1.41 bits per heavy atom. The molecular weight excluding hydrogens is 282 g/mol. The number of anilines is 1. The van der Waals surface area contributed by atoms with E-state index in [1.54, 1.807) is 17.0 Å². The molecule has 1 aromatic heterocycles. The second-order valence-electron chi connectivity index (χ2n) is 4.64. The smallest absolute Gasteiger partial charge is 0.293 e. The first-order valence-electron chi connectivity index (χ1n) is 5.89. The first-order valence-corrected chi connectivity index (χ1v) is 6.81. The van der Waals surface area contributed by atoms with Crippen LogP contribution in [-0.4, -0.2) is 20.4 Å². The van der Waals surface area contributed by atoms with Gasteiger partial charge in [-0.1, -0.05) is 22.9 Å². The number of nitrogens with one attached hydrogen (secondary N) is 1. The molecule has 0 aliphatic heterocycles. The van der Waals surface area contributed by atoms with E-state index < -0.39 is 0 Å². The molecule has 0 aromatic carbocycles. The third-order valence-electron chi connectivity index (χ3n) is 2.49. The van der Waals surface area contributed by atoms with Crippen LogP contribution in [0.2, 0.25) is 0 Å². The molecule has 0 saturated carbocycles. The predicted molar refractivity (Wildman–Crippen MR) is 75.0 cm³/mol. The Hall–Kier alpha value is -0.840. The molecule has 5 heteroatoms. The van der Waals surface area contributed by atoms with Crippen molar-refractivity contribution in [1.82, 2.24) is 9.55 Å². The lowest BCUT2D eigenvalue weighted by Crippen LogP contribution is -2.29. The van der Waals surface area contributed by atoms with Gasteiger partial charge in [0.2, 0.25) is 0 Å². The minimum absolute atomic E-state index is 0.0587. The SMILES string of the molecule is CC(Br)CC(C)Nc1nccn(C(C)C)c1=O. The Morgan fingerprint density at radius 3 is 2.59 bits per heavy atom. The van der Waals surface area contributed by atoms with Crippen molar-refractivity contribution in [2.75, 3.05) is 5.32 Å². The molecule has 0 aliphatic rings. The highest BCUT2D eigenvalue weighted by Crippen LogP contribution is 2.10. The molecule has 1 rings (SSSR count). The van der Waals surface area contributed by atoms with Gasteiger partial charge in [-0.3, -0.25) is 4.79 Å². The maximum Gasteiger partial charge on any atom is 0.293 e. The molecule has 0 fully saturated rings. The van der Waals surface area contributed by atoms with E-state index in [0.717, 1.165) is 6.42 Å². The number of aromatic nitrogens is 2. The number of rotatable bonds is 5. The average molecular weight is 302 g/mol. The Kier molecular flexibility index (Phi) is 5.18. The highest BCUT2D eigenvalue weighted by Gasteiger charge is 2.11. The topological polar surface area (TPSA) is 46.9 Å². The maximum atomic E-state index is 12.1. The van der Waals surface area contributed by atoms with E-state index in [2.05, 4.69) is 33.2 Å². The summed E-state index contributed by atoms with van der Waals surface area (Å²) < 4.78 is 1.68. The van der Waals surface area contributed by atoms with Crippen LogP contribution in [0.3, 0.4) is 0 Å². The normalized spacial score (nSPS) is 14.7. The summed E-state index contributed by atoms with van der Waals surface area (Å²) in [4.78, 5) is 16.6. The predicted octanol–water partition coefficient (Wildman–Crippen LogP) is 2.80. The Morgan fingerprint density at radius 2 is 2.06 bits per heavy atom. The maximum absolute atomic E-state index is 12.1. The minimum Gasteiger partial charge on any atom is -0.363 e. The highest BCUT2D eigenvalue weighted by atomic mass is 79.9. The second kappa shape index (κ2) is 6.19. The van der Waals surface area contributed by atoms with Gasteiger partial charge in [0, 0.05) is 29.3 Å². The molecule has 0 amide bonds. The van der Waals surface area contributed by atoms with Crippen molar-refractivity contribution in [2.24, 2.45) is 0 Å². The molecule has 0 radical (unpaired) electrons. The summed E-state index contributed by atoms with van der Waals surface area (Å²) >= 11 is 3.50. The van der Waals surface area contributed by atoms with Gasteiger partial charge >= 0.3 is 0 Å². The van der Waals surface area contributed by atoms with Crippen LogP contribution in [0.5, 0.6) is 0 Å². The van der Waals surface area contributed by atoms with Crippen molar-refractivity contribution < 1.29 is 0 Å². The molecule has 1 aromatic rings. The Balaban J connectivity index is 2.85. The molecule has 2 unspecified atom stereocenters. The van der Waals surface area contributed by atoms with Crippen molar-refractivity contribution in [3.8, 4) is 0 Å². The first-order chi connectivity index (χ1) is 7.91. The number of hydrogen-bond donors (Lipinski definition) is 1.